The van der Waals surface area contributed by atoms with Crippen molar-refractivity contribution in [2.45, 2.75) is 13.1 Å². The molecule has 144 valence electrons. The van der Waals surface area contributed by atoms with Crippen LogP contribution in [0.3, 0.4) is 0 Å². The number of alkyl halides is 3. The van der Waals surface area contributed by atoms with Crippen LogP contribution < -0.4 is 9.80 Å². The Kier molecular flexibility index (Phi) is 5.28. The fourth-order valence-corrected chi connectivity index (χ4v) is 3.25. The molecule has 1 aromatic heterocycles. The third-order valence-electron chi connectivity index (χ3n) is 4.42. The molecule has 0 unspecified atom stereocenters. The largest absolute Gasteiger partial charge is 0.417 e. The summed E-state index contributed by atoms with van der Waals surface area (Å²) in [6.45, 7) is 3.09. The zero-order valence-electron chi connectivity index (χ0n) is 14.4. The second-order valence-electron chi connectivity index (χ2n) is 6.22. The molecule has 9 heteroatoms. The minimum atomic E-state index is -4.50. The molecular weight excluding hydrogens is 386 g/mol. The van der Waals surface area contributed by atoms with Gasteiger partial charge in [-0.1, -0.05) is 11.6 Å². The van der Waals surface area contributed by atoms with Gasteiger partial charge in [0.2, 0.25) is 0 Å². The van der Waals surface area contributed by atoms with Crippen LogP contribution in [-0.4, -0.2) is 36.9 Å². The average Bonchev–Trinajstić information content (AvgIpc) is 2.61. The number of carbonyl (C=O) groups excluding carboxylic acids is 1. The van der Waals surface area contributed by atoms with Gasteiger partial charge in [0.05, 0.1) is 16.3 Å². The van der Waals surface area contributed by atoms with Gasteiger partial charge in [-0.25, -0.2) is 9.37 Å². The fourth-order valence-electron chi connectivity index (χ4n) is 2.96. The van der Waals surface area contributed by atoms with Gasteiger partial charge in [0.1, 0.15) is 11.6 Å². The highest BCUT2D eigenvalue weighted by molar-refractivity contribution is 6.33. The maximum Gasteiger partial charge on any atom is 0.417 e. The molecule has 1 saturated heterocycles. The Labute approximate surface area is 158 Å². The molecule has 0 radical (unpaired) electrons. The number of carbonyl (C=O) groups is 1. The van der Waals surface area contributed by atoms with Gasteiger partial charge in [-0.15, -0.1) is 0 Å². The second-order valence-corrected chi connectivity index (χ2v) is 6.63. The molecule has 0 aliphatic carbocycles. The number of pyridine rings is 1. The van der Waals surface area contributed by atoms with Gasteiger partial charge in [-0.2, -0.15) is 13.2 Å². The number of ketones is 1. The lowest BCUT2D eigenvalue weighted by atomic mass is 10.1. The van der Waals surface area contributed by atoms with E-state index in [-0.39, 0.29) is 16.6 Å². The molecule has 1 aromatic carbocycles. The van der Waals surface area contributed by atoms with Crippen molar-refractivity contribution in [3.05, 3.63) is 52.4 Å². The summed E-state index contributed by atoms with van der Waals surface area (Å²) >= 11 is 5.98. The molecule has 0 saturated carbocycles. The van der Waals surface area contributed by atoms with Gasteiger partial charge in [0.25, 0.3) is 0 Å². The molecule has 0 N–H and O–H groups in total. The van der Waals surface area contributed by atoms with Gasteiger partial charge in [-0.3, -0.25) is 4.79 Å². The Balaban J connectivity index is 1.72. The summed E-state index contributed by atoms with van der Waals surface area (Å²) in [5.74, 6) is -0.424. The zero-order valence-corrected chi connectivity index (χ0v) is 15.1. The van der Waals surface area contributed by atoms with Crippen molar-refractivity contribution in [2.24, 2.45) is 0 Å². The maximum atomic E-state index is 14.3. The van der Waals surface area contributed by atoms with Crippen LogP contribution in [0.2, 0.25) is 5.02 Å². The summed E-state index contributed by atoms with van der Waals surface area (Å²) in [5.41, 5.74) is -0.218. The summed E-state index contributed by atoms with van der Waals surface area (Å²) in [5, 5.41) is -0.0738. The number of aromatic nitrogens is 1. The number of Topliss-reactive ketones (excluding diaryl/α,β-unsaturated/α-hetero) is 1. The Morgan fingerprint density at radius 3 is 2.26 bits per heavy atom. The van der Waals surface area contributed by atoms with E-state index < -0.39 is 17.6 Å². The van der Waals surface area contributed by atoms with E-state index in [0.717, 1.165) is 12.3 Å². The summed E-state index contributed by atoms with van der Waals surface area (Å²) < 4.78 is 52.5. The molecule has 0 amide bonds. The van der Waals surface area contributed by atoms with Crippen LogP contribution in [-0.2, 0) is 6.18 Å². The van der Waals surface area contributed by atoms with Crippen molar-refractivity contribution >= 4 is 28.9 Å². The number of hydrogen-bond donors (Lipinski definition) is 0. The van der Waals surface area contributed by atoms with Crippen molar-refractivity contribution in [1.82, 2.24) is 4.98 Å². The molecule has 0 spiro atoms. The van der Waals surface area contributed by atoms with E-state index in [1.54, 1.807) is 17.0 Å². The standard InChI is InChI=1S/C18H16ClF4N3O/c1-11(27)12-2-3-16(15(20)8-12)25-4-6-26(7-5-25)17-14(19)9-13(10-24-17)18(21,22)23/h2-3,8-10H,4-7H2,1H3. The number of rotatable bonds is 3. The smallest absolute Gasteiger partial charge is 0.366 e. The van der Waals surface area contributed by atoms with Crippen molar-refractivity contribution in [3.8, 4) is 0 Å². The summed E-state index contributed by atoms with van der Waals surface area (Å²) in [6, 6.07) is 5.20. The highest BCUT2D eigenvalue weighted by atomic mass is 35.5. The fraction of sp³-hybridized carbons (Fsp3) is 0.333. The quantitative estimate of drug-likeness (QED) is 0.563. The van der Waals surface area contributed by atoms with E-state index in [1.165, 1.54) is 13.0 Å². The van der Waals surface area contributed by atoms with E-state index in [1.807, 2.05) is 4.90 Å². The topological polar surface area (TPSA) is 36.4 Å². The first-order valence-electron chi connectivity index (χ1n) is 8.20. The van der Waals surface area contributed by atoms with Gasteiger partial charge in [0.15, 0.2) is 5.78 Å². The number of halogens is 5. The van der Waals surface area contributed by atoms with Gasteiger partial charge in [-0.05, 0) is 31.2 Å². The predicted molar refractivity (Wildman–Crippen MR) is 95.1 cm³/mol. The highest BCUT2D eigenvalue weighted by Crippen LogP contribution is 2.34. The number of nitrogens with zero attached hydrogens (tertiary/aromatic N) is 3. The molecule has 1 fully saturated rings. The number of hydrogen-bond acceptors (Lipinski definition) is 4. The van der Waals surface area contributed by atoms with Crippen molar-refractivity contribution in [3.63, 3.8) is 0 Å². The van der Waals surface area contributed by atoms with E-state index in [9.17, 15) is 22.4 Å². The SMILES string of the molecule is CC(=O)c1ccc(N2CCN(c3ncc(C(F)(F)F)cc3Cl)CC2)c(F)c1. The third kappa shape index (κ3) is 4.16. The maximum absolute atomic E-state index is 14.3. The van der Waals surface area contributed by atoms with Gasteiger partial charge < -0.3 is 9.80 Å². The molecule has 0 bridgehead atoms. The van der Waals surface area contributed by atoms with Crippen molar-refractivity contribution in [1.29, 1.82) is 0 Å². The van der Waals surface area contributed by atoms with Crippen LogP contribution in [0.5, 0.6) is 0 Å². The molecule has 1 aliphatic rings. The summed E-state index contributed by atoms with van der Waals surface area (Å²) in [7, 11) is 0. The number of benzene rings is 1. The molecule has 4 nitrogen and oxygen atoms in total. The van der Waals surface area contributed by atoms with Crippen LogP contribution in [0.15, 0.2) is 30.5 Å². The Morgan fingerprint density at radius 2 is 1.74 bits per heavy atom. The first kappa shape index (κ1) is 19.4. The highest BCUT2D eigenvalue weighted by Gasteiger charge is 2.32. The minimum absolute atomic E-state index is 0.0738. The summed E-state index contributed by atoms with van der Waals surface area (Å²) in [6.07, 6.45) is -3.74. The van der Waals surface area contributed by atoms with Crippen LogP contribution in [0, 0.1) is 5.82 Å². The first-order chi connectivity index (χ1) is 12.7. The Morgan fingerprint density at radius 1 is 1.11 bits per heavy atom. The zero-order chi connectivity index (χ0) is 19.8. The van der Waals surface area contributed by atoms with Gasteiger partial charge >= 0.3 is 6.18 Å². The van der Waals surface area contributed by atoms with E-state index in [4.69, 9.17) is 11.6 Å². The molecule has 2 aromatic rings. The molecule has 2 heterocycles. The molecule has 3 rings (SSSR count). The Bertz CT molecular complexity index is 864. The Hall–Kier alpha value is -2.35. The third-order valence-corrected chi connectivity index (χ3v) is 4.70. The van der Waals surface area contributed by atoms with Crippen LogP contribution in [0.4, 0.5) is 29.1 Å². The molecule has 1 aliphatic heterocycles. The number of anilines is 2. The first-order valence-corrected chi connectivity index (χ1v) is 8.57. The average molecular weight is 402 g/mol. The second kappa shape index (κ2) is 7.34. The van der Waals surface area contributed by atoms with Gasteiger partial charge in [0, 0.05) is 37.9 Å². The number of piperazine rings is 1. The van der Waals surface area contributed by atoms with Crippen molar-refractivity contribution < 1.29 is 22.4 Å². The van der Waals surface area contributed by atoms with Crippen LogP contribution >= 0.6 is 11.6 Å². The van der Waals surface area contributed by atoms with Crippen LogP contribution in [0.1, 0.15) is 22.8 Å². The predicted octanol–water partition coefficient (Wildman–Crippen LogP) is 4.42. The molecular formula is C18H16ClF4N3O. The minimum Gasteiger partial charge on any atom is -0.366 e. The lowest BCUT2D eigenvalue weighted by Crippen LogP contribution is -2.47. The van der Waals surface area contributed by atoms with E-state index in [2.05, 4.69) is 4.98 Å². The monoisotopic (exact) mass is 401 g/mol. The van der Waals surface area contributed by atoms with E-state index >= 15 is 0 Å². The van der Waals surface area contributed by atoms with Crippen LogP contribution in [0.25, 0.3) is 0 Å². The normalized spacial score (nSPS) is 15.2. The van der Waals surface area contributed by atoms with Crippen molar-refractivity contribution in [2.75, 3.05) is 36.0 Å². The van der Waals surface area contributed by atoms with E-state index in [0.29, 0.717) is 37.4 Å². The molecule has 27 heavy (non-hydrogen) atoms. The summed E-state index contributed by atoms with van der Waals surface area (Å²) in [4.78, 5) is 18.8. The lowest BCUT2D eigenvalue weighted by molar-refractivity contribution is -0.137. The molecule has 0 atom stereocenters. The lowest BCUT2D eigenvalue weighted by Gasteiger charge is -2.37.